The molecule has 98 valence electrons. The molecule has 0 spiro atoms. The van der Waals surface area contributed by atoms with Crippen molar-refractivity contribution >= 4 is 23.3 Å². The van der Waals surface area contributed by atoms with Gasteiger partial charge in [-0.15, -0.1) is 11.6 Å². The molecule has 7 heteroatoms. The van der Waals surface area contributed by atoms with Crippen molar-refractivity contribution in [3.05, 3.63) is 39.4 Å². The highest BCUT2D eigenvalue weighted by Crippen LogP contribution is 2.21. The van der Waals surface area contributed by atoms with Crippen LogP contribution in [0, 0.1) is 10.1 Å². The monoisotopic (exact) mass is 273 g/mol. The van der Waals surface area contributed by atoms with Gasteiger partial charge in [0.1, 0.15) is 0 Å². The van der Waals surface area contributed by atoms with E-state index in [0.29, 0.717) is 24.5 Å². The summed E-state index contributed by atoms with van der Waals surface area (Å²) in [4.78, 5) is 20.9. The van der Waals surface area contributed by atoms with Gasteiger partial charge in [-0.2, -0.15) is 0 Å². The molecule has 0 aliphatic rings. The average molecular weight is 274 g/mol. The zero-order chi connectivity index (χ0) is 13.5. The van der Waals surface area contributed by atoms with Crippen molar-refractivity contribution in [1.82, 2.24) is 0 Å². The number of alkyl halides is 1. The molecule has 0 aliphatic carbocycles. The number of nitro benzene ring substituents is 1. The molecule has 0 heterocycles. The molecule has 1 aromatic carbocycles. The molecule has 0 unspecified atom stereocenters. The van der Waals surface area contributed by atoms with Gasteiger partial charge in [0, 0.05) is 18.6 Å². The van der Waals surface area contributed by atoms with Crippen LogP contribution in [0.3, 0.4) is 0 Å². The lowest BCUT2D eigenvalue weighted by atomic mass is 10.1. The number of carbonyl (C=O) groups is 1. The van der Waals surface area contributed by atoms with Crippen molar-refractivity contribution in [2.75, 3.05) is 12.5 Å². The van der Waals surface area contributed by atoms with E-state index in [1.165, 1.54) is 12.1 Å². The van der Waals surface area contributed by atoms with Crippen molar-refractivity contribution in [2.45, 2.75) is 13.0 Å². The van der Waals surface area contributed by atoms with Gasteiger partial charge in [0.15, 0.2) is 0 Å². The highest BCUT2D eigenvalue weighted by molar-refractivity contribution is 6.17. The van der Waals surface area contributed by atoms with E-state index in [2.05, 4.69) is 0 Å². The van der Waals surface area contributed by atoms with E-state index in [0.717, 1.165) is 6.07 Å². The first-order chi connectivity index (χ1) is 8.56. The predicted molar refractivity (Wildman–Crippen MR) is 65.0 cm³/mol. The SMILES string of the molecule is O=C(O)c1ccc(COCCCCl)c([N+](=O)[O-])c1. The number of ether oxygens (including phenoxy) is 1. The highest BCUT2D eigenvalue weighted by Gasteiger charge is 2.17. The van der Waals surface area contributed by atoms with Crippen LogP contribution < -0.4 is 0 Å². The number of nitro groups is 1. The van der Waals surface area contributed by atoms with Crippen LogP contribution in [0.15, 0.2) is 18.2 Å². The lowest BCUT2D eigenvalue weighted by Gasteiger charge is -2.05. The van der Waals surface area contributed by atoms with E-state index in [4.69, 9.17) is 21.4 Å². The summed E-state index contributed by atoms with van der Waals surface area (Å²) in [5, 5.41) is 19.6. The molecule has 0 atom stereocenters. The Balaban J connectivity index is 2.83. The van der Waals surface area contributed by atoms with Crippen LogP contribution in [0.25, 0.3) is 0 Å². The Hall–Kier alpha value is -1.66. The number of benzene rings is 1. The topological polar surface area (TPSA) is 89.7 Å². The van der Waals surface area contributed by atoms with Crippen molar-refractivity contribution < 1.29 is 19.6 Å². The van der Waals surface area contributed by atoms with Crippen LogP contribution in [-0.4, -0.2) is 28.5 Å². The number of hydrogen-bond acceptors (Lipinski definition) is 4. The minimum atomic E-state index is -1.20. The normalized spacial score (nSPS) is 10.3. The van der Waals surface area contributed by atoms with Crippen molar-refractivity contribution in [2.24, 2.45) is 0 Å². The Kier molecular flexibility index (Phi) is 5.54. The van der Waals surface area contributed by atoms with Crippen LogP contribution in [0.1, 0.15) is 22.3 Å². The first kappa shape index (κ1) is 14.4. The standard InChI is InChI=1S/C11H12ClNO5/c12-4-1-5-18-7-9-3-2-8(11(14)15)6-10(9)13(16)17/h2-3,6H,1,4-5,7H2,(H,14,15). The van der Waals surface area contributed by atoms with Gasteiger partial charge in [-0.3, -0.25) is 10.1 Å². The van der Waals surface area contributed by atoms with E-state index < -0.39 is 10.9 Å². The molecule has 0 bridgehead atoms. The summed E-state index contributed by atoms with van der Waals surface area (Å²) in [5.74, 6) is -0.743. The lowest BCUT2D eigenvalue weighted by Crippen LogP contribution is -2.03. The molecular weight excluding hydrogens is 262 g/mol. The molecular formula is C11H12ClNO5. The summed E-state index contributed by atoms with van der Waals surface area (Å²) in [6.45, 7) is 0.467. The Labute approximate surface area is 108 Å². The second kappa shape index (κ2) is 6.93. The predicted octanol–water partition coefficient (Wildman–Crippen LogP) is 2.44. The van der Waals surface area contributed by atoms with E-state index in [-0.39, 0.29) is 17.9 Å². The summed E-state index contributed by atoms with van der Waals surface area (Å²) >= 11 is 5.47. The van der Waals surface area contributed by atoms with Gasteiger partial charge in [0.25, 0.3) is 5.69 Å². The van der Waals surface area contributed by atoms with Gasteiger partial charge in [0.05, 0.1) is 22.7 Å². The van der Waals surface area contributed by atoms with Crippen molar-refractivity contribution in [3.63, 3.8) is 0 Å². The van der Waals surface area contributed by atoms with Gasteiger partial charge >= 0.3 is 5.97 Å². The third-order valence-corrected chi connectivity index (χ3v) is 2.48. The number of aromatic carboxylic acids is 1. The first-order valence-electron chi connectivity index (χ1n) is 5.20. The molecule has 0 saturated carbocycles. The van der Waals surface area contributed by atoms with Crippen LogP contribution in [-0.2, 0) is 11.3 Å². The quantitative estimate of drug-likeness (QED) is 0.357. The minimum Gasteiger partial charge on any atom is -0.478 e. The first-order valence-corrected chi connectivity index (χ1v) is 5.74. The van der Waals surface area contributed by atoms with E-state index >= 15 is 0 Å². The lowest BCUT2D eigenvalue weighted by molar-refractivity contribution is -0.386. The van der Waals surface area contributed by atoms with Gasteiger partial charge < -0.3 is 9.84 Å². The summed E-state index contributed by atoms with van der Waals surface area (Å²) in [5.41, 5.74) is -0.0217. The van der Waals surface area contributed by atoms with Gasteiger partial charge in [-0.25, -0.2) is 4.79 Å². The fourth-order valence-electron chi connectivity index (χ4n) is 1.33. The molecule has 1 rings (SSSR count). The number of rotatable bonds is 7. The molecule has 0 saturated heterocycles. The van der Waals surface area contributed by atoms with Crippen molar-refractivity contribution in [3.8, 4) is 0 Å². The van der Waals surface area contributed by atoms with E-state index in [1.54, 1.807) is 0 Å². The molecule has 0 fully saturated rings. The fraction of sp³-hybridized carbons (Fsp3) is 0.364. The minimum absolute atomic E-state index is 0.0626. The summed E-state index contributed by atoms with van der Waals surface area (Å²) in [6.07, 6.45) is 0.655. The maximum atomic E-state index is 10.8. The maximum absolute atomic E-state index is 10.8. The summed E-state index contributed by atoms with van der Waals surface area (Å²) in [6, 6.07) is 3.74. The second-order valence-electron chi connectivity index (χ2n) is 3.50. The summed E-state index contributed by atoms with van der Waals surface area (Å²) in [7, 11) is 0. The Morgan fingerprint density at radius 1 is 1.50 bits per heavy atom. The maximum Gasteiger partial charge on any atom is 0.335 e. The smallest absolute Gasteiger partial charge is 0.335 e. The van der Waals surface area contributed by atoms with E-state index in [1.807, 2.05) is 0 Å². The number of halogens is 1. The largest absolute Gasteiger partial charge is 0.478 e. The molecule has 0 aromatic heterocycles. The third-order valence-electron chi connectivity index (χ3n) is 2.21. The molecule has 18 heavy (non-hydrogen) atoms. The average Bonchev–Trinajstić information content (AvgIpc) is 2.34. The third kappa shape index (κ3) is 3.97. The van der Waals surface area contributed by atoms with Gasteiger partial charge in [-0.1, -0.05) is 0 Å². The molecule has 6 nitrogen and oxygen atoms in total. The fourth-order valence-corrected chi connectivity index (χ4v) is 1.44. The number of hydrogen-bond donors (Lipinski definition) is 1. The molecule has 0 amide bonds. The highest BCUT2D eigenvalue weighted by atomic mass is 35.5. The molecule has 1 aromatic rings. The zero-order valence-electron chi connectivity index (χ0n) is 9.47. The van der Waals surface area contributed by atoms with Crippen molar-refractivity contribution in [1.29, 1.82) is 0 Å². The Morgan fingerprint density at radius 2 is 2.22 bits per heavy atom. The molecule has 0 radical (unpaired) electrons. The van der Waals surface area contributed by atoms with Crippen LogP contribution in [0.4, 0.5) is 5.69 Å². The molecule has 1 N–H and O–H groups in total. The Morgan fingerprint density at radius 3 is 2.78 bits per heavy atom. The van der Waals surface area contributed by atoms with Gasteiger partial charge in [0.2, 0.25) is 0 Å². The van der Waals surface area contributed by atoms with E-state index in [9.17, 15) is 14.9 Å². The van der Waals surface area contributed by atoms with Gasteiger partial charge in [-0.05, 0) is 18.6 Å². The van der Waals surface area contributed by atoms with Crippen LogP contribution in [0.2, 0.25) is 0 Å². The number of carboxylic acid groups (broad SMARTS) is 1. The molecule has 0 aliphatic heterocycles. The number of carboxylic acids is 1. The second-order valence-corrected chi connectivity index (χ2v) is 3.88. The summed E-state index contributed by atoms with van der Waals surface area (Å²) < 4.78 is 5.21. The Bertz CT molecular complexity index is 449. The van der Waals surface area contributed by atoms with Crippen LogP contribution in [0.5, 0.6) is 0 Å². The zero-order valence-corrected chi connectivity index (χ0v) is 10.2. The number of nitrogens with zero attached hydrogens (tertiary/aromatic N) is 1. The van der Waals surface area contributed by atoms with Crippen LogP contribution >= 0.6 is 11.6 Å².